The van der Waals surface area contributed by atoms with Crippen LogP contribution in [0.15, 0.2) is 48.5 Å². The van der Waals surface area contributed by atoms with Crippen LogP contribution >= 0.6 is 0 Å². The zero-order valence-electron chi connectivity index (χ0n) is 11.1. The first kappa shape index (κ1) is 13.3. The summed E-state index contributed by atoms with van der Waals surface area (Å²) in [6.07, 6.45) is 0.970. The Morgan fingerprint density at radius 2 is 1.47 bits per heavy atom. The van der Waals surface area contributed by atoms with E-state index in [0.717, 1.165) is 6.42 Å². The van der Waals surface area contributed by atoms with E-state index >= 15 is 0 Å². The number of aryl methyl sites for hydroxylation is 1. The summed E-state index contributed by atoms with van der Waals surface area (Å²) in [4.78, 5) is 21.7. The average molecular weight is 256 g/mol. The molecule has 98 valence electrons. The van der Waals surface area contributed by atoms with Crippen LogP contribution in [0, 0.1) is 0 Å². The lowest BCUT2D eigenvalue weighted by atomic mass is 10.0. The standard InChI is InChI=1S/C16H16O3/c1-3-12-4-6-13(7-5-12)16(17)14-8-10-15(11-9-14)19-18-2/h4-11H,3H2,1-2H3. The van der Waals surface area contributed by atoms with Gasteiger partial charge in [-0.25, -0.2) is 0 Å². The van der Waals surface area contributed by atoms with Crippen LogP contribution in [0.25, 0.3) is 0 Å². The van der Waals surface area contributed by atoms with Crippen molar-refractivity contribution in [2.75, 3.05) is 7.11 Å². The van der Waals surface area contributed by atoms with Crippen LogP contribution in [-0.4, -0.2) is 12.9 Å². The second-order valence-corrected chi connectivity index (χ2v) is 4.15. The van der Waals surface area contributed by atoms with Gasteiger partial charge in [-0.1, -0.05) is 31.2 Å². The summed E-state index contributed by atoms with van der Waals surface area (Å²) >= 11 is 0. The minimum Gasteiger partial charge on any atom is -0.338 e. The van der Waals surface area contributed by atoms with Crippen molar-refractivity contribution in [2.45, 2.75) is 13.3 Å². The highest BCUT2D eigenvalue weighted by Crippen LogP contribution is 2.16. The van der Waals surface area contributed by atoms with Gasteiger partial charge in [0.1, 0.15) is 0 Å². The molecule has 0 fully saturated rings. The maximum absolute atomic E-state index is 12.2. The second kappa shape index (κ2) is 6.16. The van der Waals surface area contributed by atoms with Gasteiger partial charge in [0.25, 0.3) is 0 Å². The fourth-order valence-electron chi connectivity index (χ4n) is 1.82. The molecule has 0 saturated carbocycles. The Balaban J connectivity index is 2.18. The van der Waals surface area contributed by atoms with Crippen molar-refractivity contribution in [3.63, 3.8) is 0 Å². The average Bonchev–Trinajstić information content (AvgIpc) is 2.48. The molecule has 0 atom stereocenters. The first-order valence-electron chi connectivity index (χ1n) is 6.19. The van der Waals surface area contributed by atoms with Gasteiger partial charge in [0.05, 0.1) is 7.11 Å². The van der Waals surface area contributed by atoms with Gasteiger partial charge in [0.2, 0.25) is 0 Å². The lowest BCUT2D eigenvalue weighted by Gasteiger charge is -2.04. The quantitative estimate of drug-likeness (QED) is 0.467. The molecule has 19 heavy (non-hydrogen) atoms. The Morgan fingerprint density at radius 3 is 1.95 bits per heavy atom. The third-order valence-corrected chi connectivity index (χ3v) is 2.92. The fraction of sp³-hybridized carbons (Fsp3) is 0.188. The van der Waals surface area contributed by atoms with Crippen LogP contribution in [0.3, 0.4) is 0 Å². The SMILES string of the molecule is CCc1ccc(C(=O)c2ccc(OOC)cc2)cc1. The summed E-state index contributed by atoms with van der Waals surface area (Å²) in [5.74, 6) is 0.576. The molecule has 0 aliphatic heterocycles. The minimum atomic E-state index is 0.00613. The number of rotatable bonds is 5. The molecular weight excluding hydrogens is 240 g/mol. The third kappa shape index (κ3) is 3.20. The van der Waals surface area contributed by atoms with Crippen molar-refractivity contribution in [1.29, 1.82) is 0 Å². The maximum Gasteiger partial charge on any atom is 0.193 e. The third-order valence-electron chi connectivity index (χ3n) is 2.92. The van der Waals surface area contributed by atoms with E-state index < -0.39 is 0 Å². The molecule has 0 aromatic heterocycles. The summed E-state index contributed by atoms with van der Waals surface area (Å²) in [5.41, 5.74) is 2.55. The van der Waals surface area contributed by atoms with Crippen LogP contribution in [0.4, 0.5) is 0 Å². The van der Waals surface area contributed by atoms with Crippen LogP contribution in [0.5, 0.6) is 5.75 Å². The normalized spacial score (nSPS) is 10.2. The molecule has 2 aromatic carbocycles. The number of hydrogen-bond acceptors (Lipinski definition) is 3. The predicted octanol–water partition coefficient (Wildman–Crippen LogP) is 3.42. The van der Waals surface area contributed by atoms with Gasteiger partial charge in [0.15, 0.2) is 11.5 Å². The predicted molar refractivity (Wildman–Crippen MR) is 73.3 cm³/mol. The van der Waals surface area contributed by atoms with Crippen LogP contribution in [-0.2, 0) is 11.3 Å². The molecule has 0 amide bonds. The Bertz CT molecular complexity index is 541. The molecule has 3 nitrogen and oxygen atoms in total. The fourth-order valence-corrected chi connectivity index (χ4v) is 1.82. The van der Waals surface area contributed by atoms with E-state index in [2.05, 4.69) is 11.8 Å². The molecule has 0 spiro atoms. The lowest BCUT2D eigenvalue weighted by molar-refractivity contribution is -0.178. The highest BCUT2D eigenvalue weighted by molar-refractivity contribution is 6.09. The minimum absolute atomic E-state index is 0.00613. The van der Waals surface area contributed by atoms with Crippen LogP contribution in [0.1, 0.15) is 28.4 Å². The van der Waals surface area contributed by atoms with E-state index in [0.29, 0.717) is 16.9 Å². The second-order valence-electron chi connectivity index (χ2n) is 4.15. The van der Waals surface area contributed by atoms with Gasteiger partial charge in [0, 0.05) is 11.1 Å². The Hall–Kier alpha value is -2.13. The lowest BCUT2D eigenvalue weighted by Crippen LogP contribution is -2.01. The van der Waals surface area contributed by atoms with E-state index in [-0.39, 0.29) is 5.78 Å². The van der Waals surface area contributed by atoms with E-state index in [1.54, 1.807) is 24.3 Å². The molecule has 0 saturated heterocycles. The number of ketones is 1. The molecule has 0 aliphatic rings. The molecule has 0 bridgehead atoms. The zero-order chi connectivity index (χ0) is 13.7. The summed E-state index contributed by atoms with van der Waals surface area (Å²) in [6, 6.07) is 14.6. The molecule has 0 unspecified atom stereocenters. The molecule has 2 rings (SSSR count). The van der Waals surface area contributed by atoms with Crippen molar-refractivity contribution in [1.82, 2.24) is 0 Å². The monoisotopic (exact) mass is 256 g/mol. The number of hydrogen-bond donors (Lipinski definition) is 0. The van der Waals surface area contributed by atoms with Crippen molar-refractivity contribution in [3.05, 3.63) is 65.2 Å². The summed E-state index contributed by atoms with van der Waals surface area (Å²) in [7, 11) is 1.44. The van der Waals surface area contributed by atoms with Gasteiger partial charge >= 0.3 is 0 Å². The first-order chi connectivity index (χ1) is 9.24. The number of carbonyl (C=O) groups excluding carboxylic acids is 1. The van der Waals surface area contributed by atoms with E-state index in [1.807, 2.05) is 24.3 Å². The van der Waals surface area contributed by atoms with Crippen molar-refractivity contribution in [2.24, 2.45) is 0 Å². The summed E-state index contributed by atoms with van der Waals surface area (Å²) in [5, 5.41) is 0. The van der Waals surface area contributed by atoms with Crippen LogP contribution in [0.2, 0.25) is 0 Å². The summed E-state index contributed by atoms with van der Waals surface area (Å²) in [6.45, 7) is 2.09. The molecule has 0 radical (unpaired) electrons. The van der Waals surface area contributed by atoms with Gasteiger partial charge in [-0.05, 0) is 36.2 Å². The van der Waals surface area contributed by atoms with Gasteiger partial charge in [-0.3, -0.25) is 4.79 Å². The molecule has 0 heterocycles. The van der Waals surface area contributed by atoms with E-state index in [1.165, 1.54) is 12.7 Å². The van der Waals surface area contributed by atoms with Gasteiger partial charge in [-0.2, -0.15) is 4.89 Å². The topological polar surface area (TPSA) is 35.5 Å². The number of benzene rings is 2. The maximum atomic E-state index is 12.2. The smallest absolute Gasteiger partial charge is 0.193 e. The van der Waals surface area contributed by atoms with Crippen molar-refractivity contribution < 1.29 is 14.6 Å². The van der Waals surface area contributed by atoms with Crippen molar-refractivity contribution in [3.8, 4) is 5.75 Å². The van der Waals surface area contributed by atoms with Crippen molar-refractivity contribution >= 4 is 5.78 Å². The van der Waals surface area contributed by atoms with Crippen LogP contribution < -0.4 is 4.89 Å². The molecule has 0 aliphatic carbocycles. The Labute approximate surface area is 112 Å². The zero-order valence-corrected chi connectivity index (χ0v) is 11.1. The first-order valence-corrected chi connectivity index (χ1v) is 6.19. The summed E-state index contributed by atoms with van der Waals surface area (Å²) < 4.78 is 0. The Morgan fingerprint density at radius 1 is 0.947 bits per heavy atom. The van der Waals surface area contributed by atoms with Gasteiger partial charge < -0.3 is 4.89 Å². The largest absolute Gasteiger partial charge is 0.338 e. The highest BCUT2D eigenvalue weighted by Gasteiger charge is 2.09. The van der Waals surface area contributed by atoms with Gasteiger partial charge in [-0.15, -0.1) is 0 Å². The van der Waals surface area contributed by atoms with E-state index in [9.17, 15) is 4.79 Å². The molecule has 2 aromatic rings. The molecule has 0 N–H and O–H groups in total. The molecule has 3 heteroatoms. The van der Waals surface area contributed by atoms with E-state index in [4.69, 9.17) is 4.89 Å². The molecular formula is C16H16O3. The number of carbonyl (C=O) groups is 1. The Kier molecular flexibility index (Phi) is 4.31. The highest BCUT2D eigenvalue weighted by atomic mass is 17.2.